The number of nitrogens with zero attached hydrogens (tertiary/aromatic N) is 2. The van der Waals surface area contributed by atoms with Crippen LogP contribution in [0.2, 0.25) is 0 Å². The molecule has 1 unspecified atom stereocenters. The fraction of sp³-hybridized carbons (Fsp3) is 0.412. The van der Waals surface area contributed by atoms with Gasteiger partial charge in [0.1, 0.15) is 5.75 Å². The Morgan fingerprint density at radius 3 is 2.86 bits per heavy atom. The number of methoxy groups -OCH3 is 1. The molecular formula is C17H20N2O2S. The van der Waals surface area contributed by atoms with Gasteiger partial charge in [0.05, 0.1) is 30.3 Å². The minimum atomic E-state index is 0.178. The summed E-state index contributed by atoms with van der Waals surface area (Å²) in [6.07, 6.45) is 1.47. The zero-order valence-corrected chi connectivity index (χ0v) is 13.9. The van der Waals surface area contributed by atoms with Gasteiger partial charge in [-0.3, -0.25) is 4.79 Å². The molecule has 2 heterocycles. The van der Waals surface area contributed by atoms with Gasteiger partial charge in [0.15, 0.2) is 0 Å². The number of carbonyl (C=O) groups is 1. The summed E-state index contributed by atoms with van der Waals surface area (Å²) in [5, 5.41) is 1.02. The summed E-state index contributed by atoms with van der Waals surface area (Å²) in [7, 11) is 1.66. The lowest BCUT2D eigenvalue weighted by atomic mass is 9.94. The number of amides is 1. The lowest BCUT2D eigenvalue weighted by molar-refractivity contribution is -0.138. The van der Waals surface area contributed by atoms with E-state index in [-0.39, 0.29) is 11.9 Å². The first kappa shape index (κ1) is 15.0. The molecule has 0 radical (unpaired) electrons. The molecule has 1 saturated heterocycles. The van der Waals surface area contributed by atoms with E-state index in [0.717, 1.165) is 39.9 Å². The number of aryl methyl sites for hydroxylation is 2. The number of likely N-dealkylation sites (tertiary alicyclic amines) is 1. The highest BCUT2D eigenvalue weighted by Crippen LogP contribution is 2.35. The van der Waals surface area contributed by atoms with Crippen LogP contribution in [-0.2, 0) is 11.2 Å². The van der Waals surface area contributed by atoms with E-state index in [4.69, 9.17) is 4.74 Å². The Bertz CT molecular complexity index is 696. The molecule has 0 aliphatic carbocycles. The monoisotopic (exact) mass is 316 g/mol. The van der Waals surface area contributed by atoms with Gasteiger partial charge in [-0.1, -0.05) is 12.1 Å². The predicted octanol–water partition coefficient (Wildman–Crippen LogP) is 3.28. The summed E-state index contributed by atoms with van der Waals surface area (Å²) in [6.45, 7) is 4.79. The molecule has 0 N–H and O–H groups in total. The standard InChI is InChI=1S/C17H20N2O2S/c1-11-16(22-12(2)18-11)10-17(20)19-8-7-15(19)13-5-4-6-14(9-13)21-3/h4-6,9,15H,7-8,10H2,1-3H3. The normalized spacial score (nSPS) is 17.2. The number of thiazole rings is 1. The topological polar surface area (TPSA) is 42.4 Å². The fourth-order valence-corrected chi connectivity index (χ4v) is 3.79. The highest BCUT2D eigenvalue weighted by atomic mass is 32.1. The third-order valence-corrected chi connectivity index (χ3v) is 5.20. The van der Waals surface area contributed by atoms with Crippen molar-refractivity contribution in [2.24, 2.45) is 0 Å². The number of hydrogen-bond acceptors (Lipinski definition) is 4. The van der Waals surface area contributed by atoms with E-state index >= 15 is 0 Å². The van der Waals surface area contributed by atoms with Crippen LogP contribution in [0.15, 0.2) is 24.3 Å². The molecule has 4 nitrogen and oxygen atoms in total. The molecule has 1 aliphatic heterocycles. The van der Waals surface area contributed by atoms with Crippen molar-refractivity contribution in [2.75, 3.05) is 13.7 Å². The molecule has 0 bridgehead atoms. The second kappa shape index (κ2) is 6.08. The van der Waals surface area contributed by atoms with E-state index in [0.29, 0.717) is 6.42 Å². The predicted molar refractivity (Wildman–Crippen MR) is 87.4 cm³/mol. The Morgan fingerprint density at radius 2 is 2.27 bits per heavy atom. The highest BCUT2D eigenvalue weighted by molar-refractivity contribution is 7.11. The van der Waals surface area contributed by atoms with Crippen LogP contribution in [0.1, 0.15) is 33.6 Å². The Balaban J connectivity index is 1.72. The van der Waals surface area contributed by atoms with E-state index < -0.39 is 0 Å². The smallest absolute Gasteiger partial charge is 0.228 e. The van der Waals surface area contributed by atoms with Gasteiger partial charge in [0.2, 0.25) is 5.91 Å². The highest BCUT2D eigenvalue weighted by Gasteiger charge is 2.33. The van der Waals surface area contributed by atoms with Crippen molar-refractivity contribution in [3.05, 3.63) is 45.4 Å². The zero-order valence-electron chi connectivity index (χ0n) is 13.1. The first-order chi connectivity index (χ1) is 10.6. The van der Waals surface area contributed by atoms with E-state index in [9.17, 15) is 4.79 Å². The Morgan fingerprint density at radius 1 is 1.45 bits per heavy atom. The second-order valence-electron chi connectivity index (χ2n) is 5.59. The first-order valence-corrected chi connectivity index (χ1v) is 8.26. The quantitative estimate of drug-likeness (QED) is 0.869. The van der Waals surface area contributed by atoms with Gasteiger partial charge in [-0.05, 0) is 38.0 Å². The average Bonchev–Trinajstić information content (AvgIpc) is 2.75. The lowest BCUT2D eigenvalue weighted by Gasteiger charge is -2.41. The number of carbonyl (C=O) groups excluding carboxylic acids is 1. The van der Waals surface area contributed by atoms with Crippen LogP contribution in [0.3, 0.4) is 0 Å². The van der Waals surface area contributed by atoms with E-state index in [1.165, 1.54) is 0 Å². The Hall–Kier alpha value is -1.88. The second-order valence-corrected chi connectivity index (χ2v) is 6.87. The summed E-state index contributed by atoms with van der Waals surface area (Å²) in [4.78, 5) is 20.0. The molecule has 1 aromatic heterocycles. The van der Waals surface area contributed by atoms with Crippen LogP contribution in [0.5, 0.6) is 5.75 Å². The van der Waals surface area contributed by atoms with Crippen molar-refractivity contribution in [3.8, 4) is 5.75 Å². The van der Waals surface area contributed by atoms with Crippen LogP contribution in [-0.4, -0.2) is 29.4 Å². The third-order valence-electron chi connectivity index (χ3n) is 4.13. The minimum absolute atomic E-state index is 0.178. The number of ether oxygens (including phenoxy) is 1. The van der Waals surface area contributed by atoms with Crippen molar-refractivity contribution in [1.82, 2.24) is 9.88 Å². The summed E-state index contributed by atoms with van der Waals surface area (Å²) < 4.78 is 5.27. The van der Waals surface area contributed by atoms with E-state index in [1.807, 2.05) is 36.9 Å². The van der Waals surface area contributed by atoms with Crippen LogP contribution in [0, 0.1) is 13.8 Å². The first-order valence-electron chi connectivity index (χ1n) is 7.45. The largest absolute Gasteiger partial charge is 0.497 e. The average molecular weight is 316 g/mol. The molecule has 22 heavy (non-hydrogen) atoms. The molecule has 1 atom stereocenters. The van der Waals surface area contributed by atoms with Crippen LogP contribution >= 0.6 is 11.3 Å². The zero-order chi connectivity index (χ0) is 15.7. The molecular weight excluding hydrogens is 296 g/mol. The fourth-order valence-electron chi connectivity index (χ4n) is 2.86. The molecule has 3 rings (SSSR count). The SMILES string of the molecule is COc1cccc(C2CCN2C(=O)Cc2sc(C)nc2C)c1. The maximum absolute atomic E-state index is 12.6. The van der Waals surface area contributed by atoms with E-state index in [2.05, 4.69) is 11.1 Å². The van der Waals surface area contributed by atoms with Crippen molar-refractivity contribution in [3.63, 3.8) is 0 Å². The third kappa shape index (κ3) is 2.86. The van der Waals surface area contributed by atoms with Gasteiger partial charge < -0.3 is 9.64 Å². The van der Waals surface area contributed by atoms with Gasteiger partial charge in [-0.2, -0.15) is 0 Å². The molecule has 1 aliphatic rings. The van der Waals surface area contributed by atoms with E-state index in [1.54, 1.807) is 18.4 Å². The summed E-state index contributed by atoms with van der Waals surface area (Å²) in [6, 6.07) is 8.17. The number of benzene rings is 1. The minimum Gasteiger partial charge on any atom is -0.497 e. The molecule has 1 amide bonds. The molecule has 1 fully saturated rings. The molecule has 116 valence electrons. The number of hydrogen-bond donors (Lipinski definition) is 0. The molecule has 0 saturated carbocycles. The maximum atomic E-state index is 12.6. The summed E-state index contributed by atoms with van der Waals surface area (Å²) in [5.41, 5.74) is 2.13. The van der Waals surface area contributed by atoms with Crippen molar-refractivity contribution >= 4 is 17.2 Å². The van der Waals surface area contributed by atoms with Gasteiger partial charge in [-0.15, -0.1) is 11.3 Å². The van der Waals surface area contributed by atoms with Crippen molar-refractivity contribution in [2.45, 2.75) is 32.7 Å². The summed E-state index contributed by atoms with van der Waals surface area (Å²) >= 11 is 1.62. The Kier molecular flexibility index (Phi) is 4.16. The van der Waals surface area contributed by atoms with Gasteiger partial charge in [-0.25, -0.2) is 4.98 Å². The van der Waals surface area contributed by atoms with Crippen LogP contribution in [0.4, 0.5) is 0 Å². The van der Waals surface area contributed by atoms with Crippen molar-refractivity contribution in [1.29, 1.82) is 0 Å². The lowest BCUT2D eigenvalue weighted by Crippen LogP contribution is -2.45. The van der Waals surface area contributed by atoms with Gasteiger partial charge in [0.25, 0.3) is 0 Å². The molecule has 5 heteroatoms. The number of aromatic nitrogens is 1. The maximum Gasteiger partial charge on any atom is 0.228 e. The van der Waals surface area contributed by atoms with Crippen molar-refractivity contribution < 1.29 is 9.53 Å². The molecule has 0 spiro atoms. The summed E-state index contributed by atoms with van der Waals surface area (Å²) in [5.74, 6) is 1.02. The van der Waals surface area contributed by atoms with Gasteiger partial charge >= 0.3 is 0 Å². The Labute approximate surface area is 134 Å². The molecule has 1 aromatic carbocycles. The van der Waals surface area contributed by atoms with Crippen LogP contribution in [0.25, 0.3) is 0 Å². The van der Waals surface area contributed by atoms with Gasteiger partial charge in [0, 0.05) is 11.4 Å². The molecule has 2 aromatic rings. The van der Waals surface area contributed by atoms with Crippen LogP contribution < -0.4 is 4.74 Å². The number of rotatable bonds is 4.